The van der Waals surface area contributed by atoms with Crippen molar-refractivity contribution in [2.75, 3.05) is 6.54 Å². The number of rotatable bonds is 5. The SMILES string of the molecule is Cc1n[nH]c(C)c1CNCC1(C(C)C)CC1. The molecule has 1 aromatic rings. The van der Waals surface area contributed by atoms with Crippen molar-refractivity contribution in [3.05, 3.63) is 17.0 Å². The van der Waals surface area contributed by atoms with Gasteiger partial charge in [0.05, 0.1) is 5.69 Å². The Morgan fingerprint density at radius 2 is 2.06 bits per heavy atom. The van der Waals surface area contributed by atoms with Crippen LogP contribution in [0.25, 0.3) is 0 Å². The lowest BCUT2D eigenvalue weighted by Crippen LogP contribution is -2.27. The number of aromatic nitrogens is 2. The second-order valence-corrected chi connectivity index (χ2v) is 5.53. The smallest absolute Gasteiger partial charge is 0.0638 e. The molecule has 90 valence electrons. The number of H-pyrrole nitrogens is 1. The summed E-state index contributed by atoms with van der Waals surface area (Å²) in [7, 11) is 0. The Morgan fingerprint density at radius 3 is 2.50 bits per heavy atom. The molecule has 1 fully saturated rings. The van der Waals surface area contributed by atoms with Gasteiger partial charge in [-0.15, -0.1) is 0 Å². The van der Waals surface area contributed by atoms with Crippen LogP contribution in [0, 0.1) is 25.2 Å². The summed E-state index contributed by atoms with van der Waals surface area (Å²) in [4.78, 5) is 0. The van der Waals surface area contributed by atoms with E-state index in [0.717, 1.165) is 24.7 Å². The minimum absolute atomic E-state index is 0.589. The molecule has 0 aliphatic heterocycles. The van der Waals surface area contributed by atoms with Crippen LogP contribution >= 0.6 is 0 Å². The van der Waals surface area contributed by atoms with Crippen LogP contribution in [-0.4, -0.2) is 16.7 Å². The lowest BCUT2D eigenvalue weighted by Gasteiger charge is -2.20. The molecule has 0 spiro atoms. The van der Waals surface area contributed by atoms with Gasteiger partial charge in [-0.3, -0.25) is 5.10 Å². The number of hydrogen-bond acceptors (Lipinski definition) is 2. The first-order valence-electron chi connectivity index (χ1n) is 6.26. The van der Waals surface area contributed by atoms with Gasteiger partial charge < -0.3 is 5.32 Å². The fourth-order valence-electron chi connectivity index (χ4n) is 2.39. The number of hydrogen-bond donors (Lipinski definition) is 2. The van der Waals surface area contributed by atoms with Crippen LogP contribution < -0.4 is 5.32 Å². The van der Waals surface area contributed by atoms with Crippen LogP contribution in [0.1, 0.15) is 43.6 Å². The highest BCUT2D eigenvalue weighted by Gasteiger charge is 2.44. The molecule has 0 aromatic carbocycles. The first kappa shape index (κ1) is 11.6. The minimum Gasteiger partial charge on any atom is -0.312 e. The van der Waals surface area contributed by atoms with Crippen molar-refractivity contribution >= 4 is 0 Å². The van der Waals surface area contributed by atoms with Gasteiger partial charge in [0, 0.05) is 24.3 Å². The van der Waals surface area contributed by atoms with E-state index in [4.69, 9.17) is 0 Å². The molecule has 0 radical (unpaired) electrons. The Kier molecular flexibility index (Phi) is 3.06. The van der Waals surface area contributed by atoms with E-state index in [9.17, 15) is 0 Å². The zero-order chi connectivity index (χ0) is 11.8. The monoisotopic (exact) mass is 221 g/mol. The lowest BCUT2D eigenvalue weighted by atomic mass is 9.92. The predicted molar refractivity (Wildman–Crippen MR) is 66.3 cm³/mol. The number of nitrogens with one attached hydrogen (secondary N) is 2. The van der Waals surface area contributed by atoms with Gasteiger partial charge in [0.25, 0.3) is 0 Å². The third-order valence-electron chi connectivity index (χ3n) is 4.18. The Bertz CT molecular complexity index is 342. The zero-order valence-corrected chi connectivity index (χ0v) is 10.9. The van der Waals surface area contributed by atoms with E-state index in [0.29, 0.717) is 5.41 Å². The summed E-state index contributed by atoms with van der Waals surface area (Å²) in [5, 5.41) is 10.8. The van der Waals surface area contributed by atoms with Crippen molar-refractivity contribution < 1.29 is 0 Å². The topological polar surface area (TPSA) is 40.7 Å². The maximum atomic E-state index is 4.22. The summed E-state index contributed by atoms with van der Waals surface area (Å²) in [5.74, 6) is 0.798. The molecule has 2 N–H and O–H groups in total. The van der Waals surface area contributed by atoms with Gasteiger partial charge in [0.2, 0.25) is 0 Å². The van der Waals surface area contributed by atoms with Gasteiger partial charge in [-0.25, -0.2) is 0 Å². The molecule has 0 bridgehead atoms. The molecule has 1 aromatic heterocycles. The normalized spacial score (nSPS) is 18.1. The van der Waals surface area contributed by atoms with Crippen LogP contribution in [0.15, 0.2) is 0 Å². The van der Waals surface area contributed by atoms with Gasteiger partial charge in [-0.1, -0.05) is 13.8 Å². The molecular formula is C13H23N3. The van der Waals surface area contributed by atoms with E-state index < -0.39 is 0 Å². The van der Waals surface area contributed by atoms with E-state index in [1.165, 1.54) is 24.1 Å². The second kappa shape index (κ2) is 4.21. The van der Waals surface area contributed by atoms with E-state index in [1.807, 2.05) is 0 Å². The number of aromatic amines is 1. The molecule has 0 unspecified atom stereocenters. The molecule has 1 saturated carbocycles. The molecule has 1 heterocycles. The second-order valence-electron chi connectivity index (χ2n) is 5.53. The summed E-state index contributed by atoms with van der Waals surface area (Å²) in [6.45, 7) is 10.9. The molecule has 1 aliphatic rings. The summed E-state index contributed by atoms with van der Waals surface area (Å²) in [6, 6.07) is 0. The maximum absolute atomic E-state index is 4.22. The fourth-order valence-corrected chi connectivity index (χ4v) is 2.39. The minimum atomic E-state index is 0.589. The summed E-state index contributed by atoms with van der Waals surface area (Å²) < 4.78 is 0. The van der Waals surface area contributed by atoms with Crippen LogP contribution in [0.2, 0.25) is 0 Å². The van der Waals surface area contributed by atoms with Crippen molar-refractivity contribution in [1.29, 1.82) is 0 Å². The van der Waals surface area contributed by atoms with Gasteiger partial charge in [-0.2, -0.15) is 5.10 Å². The molecule has 3 heteroatoms. The first-order valence-corrected chi connectivity index (χ1v) is 6.26. The van der Waals surface area contributed by atoms with Crippen molar-refractivity contribution in [2.24, 2.45) is 11.3 Å². The molecule has 16 heavy (non-hydrogen) atoms. The van der Waals surface area contributed by atoms with Crippen LogP contribution in [0.3, 0.4) is 0 Å². The molecule has 0 amide bonds. The summed E-state index contributed by atoms with van der Waals surface area (Å²) in [5.41, 5.74) is 4.24. The zero-order valence-electron chi connectivity index (χ0n) is 10.9. The molecule has 2 rings (SSSR count). The number of aryl methyl sites for hydroxylation is 2. The molecule has 0 atom stereocenters. The van der Waals surface area contributed by atoms with Crippen LogP contribution in [0.5, 0.6) is 0 Å². The van der Waals surface area contributed by atoms with E-state index >= 15 is 0 Å². The van der Waals surface area contributed by atoms with E-state index in [2.05, 4.69) is 43.2 Å². The fraction of sp³-hybridized carbons (Fsp3) is 0.769. The predicted octanol–water partition coefficient (Wildman–Crippen LogP) is 2.55. The van der Waals surface area contributed by atoms with Crippen molar-refractivity contribution in [1.82, 2.24) is 15.5 Å². The molecule has 0 saturated heterocycles. The highest BCUT2D eigenvalue weighted by molar-refractivity contribution is 5.22. The summed E-state index contributed by atoms with van der Waals surface area (Å²) >= 11 is 0. The quantitative estimate of drug-likeness (QED) is 0.802. The van der Waals surface area contributed by atoms with Crippen molar-refractivity contribution in [3.8, 4) is 0 Å². The average molecular weight is 221 g/mol. The van der Waals surface area contributed by atoms with Crippen LogP contribution in [0.4, 0.5) is 0 Å². The Hall–Kier alpha value is -0.830. The molecular weight excluding hydrogens is 198 g/mol. The van der Waals surface area contributed by atoms with Gasteiger partial charge >= 0.3 is 0 Å². The lowest BCUT2D eigenvalue weighted by molar-refractivity contribution is 0.337. The highest BCUT2D eigenvalue weighted by atomic mass is 15.1. The van der Waals surface area contributed by atoms with Gasteiger partial charge in [-0.05, 0) is 38.0 Å². The standard InChI is InChI=1S/C13H23N3/c1-9(2)13(5-6-13)8-14-7-12-10(3)15-16-11(12)4/h9,14H,5-8H2,1-4H3,(H,15,16). The van der Waals surface area contributed by atoms with Gasteiger partial charge in [0.15, 0.2) is 0 Å². The molecule has 1 aliphatic carbocycles. The first-order chi connectivity index (χ1) is 7.55. The van der Waals surface area contributed by atoms with Crippen molar-refractivity contribution in [2.45, 2.75) is 47.1 Å². The third-order valence-corrected chi connectivity index (χ3v) is 4.18. The Balaban J connectivity index is 1.85. The van der Waals surface area contributed by atoms with Crippen molar-refractivity contribution in [3.63, 3.8) is 0 Å². The van der Waals surface area contributed by atoms with Crippen LogP contribution in [-0.2, 0) is 6.54 Å². The average Bonchev–Trinajstić information content (AvgIpc) is 2.95. The van der Waals surface area contributed by atoms with Gasteiger partial charge in [0.1, 0.15) is 0 Å². The van der Waals surface area contributed by atoms with E-state index in [-0.39, 0.29) is 0 Å². The Morgan fingerprint density at radius 1 is 1.38 bits per heavy atom. The highest BCUT2D eigenvalue weighted by Crippen LogP contribution is 2.51. The summed E-state index contributed by atoms with van der Waals surface area (Å²) in [6.07, 6.45) is 2.78. The number of nitrogens with zero attached hydrogens (tertiary/aromatic N) is 1. The Labute approximate surface area is 98.0 Å². The largest absolute Gasteiger partial charge is 0.312 e. The third kappa shape index (κ3) is 2.14. The molecule has 3 nitrogen and oxygen atoms in total. The van der Waals surface area contributed by atoms with E-state index in [1.54, 1.807) is 0 Å². The maximum Gasteiger partial charge on any atom is 0.0638 e.